The Hall–Kier alpha value is -2.21. The van der Waals surface area contributed by atoms with Crippen molar-refractivity contribution in [2.24, 2.45) is 5.92 Å². The molecule has 0 aliphatic carbocycles. The van der Waals surface area contributed by atoms with Crippen LogP contribution in [0.5, 0.6) is 0 Å². The van der Waals surface area contributed by atoms with Gasteiger partial charge in [-0.15, -0.1) is 0 Å². The number of likely N-dealkylation sites (tertiary alicyclic amines) is 1. The first-order valence-electron chi connectivity index (χ1n) is 8.27. The molecule has 0 bridgehead atoms. The number of nitrogens with one attached hydrogen (secondary N) is 1. The van der Waals surface area contributed by atoms with Gasteiger partial charge in [-0.2, -0.15) is 0 Å². The molecule has 2 aromatic rings. The minimum atomic E-state index is -0.326. The lowest BCUT2D eigenvalue weighted by atomic mass is 10.1. The minimum Gasteiger partial charge on any atom is -0.342 e. The molecule has 3 rings (SSSR count). The Labute approximate surface area is 155 Å². The van der Waals surface area contributed by atoms with Crippen LogP contribution in [-0.4, -0.2) is 34.8 Å². The van der Waals surface area contributed by atoms with Crippen LogP contribution in [0.4, 0.5) is 5.82 Å². The highest BCUT2D eigenvalue weighted by molar-refractivity contribution is 9.10. The molecule has 5 nitrogen and oxygen atoms in total. The first-order valence-corrected chi connectivity index (χ1v) is 9.07. The van der Waals surface area contributed by atoms with E-state index in [1.165, 1.54) is 5.56 Å². The van der Waals surface area contributed by atoms with E-state index in [1.807, 2.05) is 43.3 Å². The molecule has 0 spiro atoms. The lowest BCUT2D eigenvalue weighted by Crippen LogP contribution is -2.30. The average Bonchev–Trinajstić information content (AvgIpc) is 2.97. The number of hydrogen-bond acceptors (Lipinski definition) is 3. The van der Waals surface area contributed by atoms with Crippen LogP contribution in [0.25, 0.3) is 0 Å². The maximum Gasteiger partial charge on any atom is 0.230 e. The predicted molar refractivity (Wildman–Crippen MR) is 100 cm³/mol. The predicted octanol–water partition coefficient (Wildman–Crippen LogP) is 3.18. The van der Waals surface area contributed by atoms with Crippen molar-refractivity contribution in [2.45, 2.75) is 19.8 Å². The first-order chi connectivity index (χ1) is 12.0. The van der Waals surface area contributed by atoms with E-state index in [-0.39, 0.29) is 24.2 Å². The van der Waals surface area contributed by atoms with Gasteiger partial charge in [0.05, 0.1) is 5.92 Å². The number of rotatable bonds is 5. The van der Waals surface area contributed by atoms with Crippen LogP contribution in [0.2, 0.25) is 0 Å². The van der Waals surface area contributed by atoms with Gasteiger partial charge in [0.25, 0.3) is 0 Å². The van der Waals surface area contributed by atoms with Crippen molar-refractivity contribution in [3.8, 4) is 0 Å². The van der Waals surface area contributed by atoms with Crippen molar-refractivity contribution in [1.29, 1.82) is 0 Å². The van der Waals surface area contributed by atoms with E-state index in [0.717, 1.165) is 16.5 Å². The fourth-order valence-corrected chi connectivity index (χ4v) is 3.41. The first kappa shape index (κ1) is 17.6. The number of benzene rings is 1. The largest absolute Gasteiger partial charge is 0.342 e. The van der Waals surface area contributed by atoms with Gasteiger partial charge >= 0.3 is 0 Å². The molecule has 1 aromatic heterocycles. The normalized spacial score (nSPS) is 17.0. The van der Waals surface area contributed by atoms with E-state index in [2.05, 4.69) is 26.2 Å². The van der Waals surface area contributed by atoms with Crippen molar-refractivity contribution < 1.29 is 9.59 Å². The molecular formula is C19H20BrN3O2. The van der Waals surface area contributed by atoms with Crippen molar-refractivity contribution in [3.63, 3.8) is 0 Å². The molecule has 6 heteroatoms. The molecule has 2 heterocycles. The minimum absolute atomic E-state index is 0.0385. The quantitative estimate of drug-likeness (QED) is 0.836. The number of hydrogen-bond donors (Lipinski definition) is 1. The Bertz CT molecular complexity index is 779. The topological polar surface area (TPSA) is 62.3 Å². The number of anilines is 1. The van der Waals surface area contributed by atoms with E-state index in [0.29, 0.717) is 18.9 Å². The maximum atomic E-state index is 12.5. The van der Waals surface area contributed by atoms with Gasteiger partial charge < -0.3 is 10.2 Å². The summed E-state index contributed by atoms with van der Waals surface area (Å²) in [6, 6.07) is 12.0. The molecule has 1 unspecified atom stereocenters. The molecular weight excluding hydrogens is 382 g/mol. The highest BCUT2D eigenvalue weighted by Gasteiger charge is 2.34. The summed E-state index contributed by atoms with van der Waals surface area (Å²) < 4.78 is 0.867. The number of nitrogens with zero attached hydrogens (tertiary/aromatic N) is 2. The molecule has 130 valence electrons. The van der Waals surface area contributed by atoms with Crippen LogP contribution in [0.3, 0.4) is 0 Å². The zero-order chi connectivity index (χ0) is 17.8. The van der Waals surface area contributed by atoms with Crippen LogP contribution in [0, 0.1) is 12.8 Å². The Morgan fingerprint density at radius 1 is 1.36 bits per heavy atom. The Morgan fingerprint density at radius 3 is 2.84 bits per heavy atom. The summed E-state index contributed by atoms with van der Waals surface area (Å²) >= 11 is 3.35. The van der Waals surface area contributed by atoms with E-state index < -0.39 is 0 Å². The van der Waals surface area contributed by atoms with Gasteiger partial charge in [-0.1, -0.05) is 30.3 Å². The SMILES string of the molecule is Cc1cc(Br)cnc1NC(=O)C1CC(=O)N(CCc2ccccc2)C1. The number of pyridine rings is 1. The second-order valence-electron chi connectivity index (χ2n) is 6.28. The van der Waals surface area contributed by atoms with Crippen molar-refractivity contribution in [2.75, 3.05) is 18.4 Å². The molecule has 1 atom stereocenters. The maximum absolute atomic E-state index is 12.5. The monoisotopic (exact) mass is 401 g/mol. The number of aromatic nitrogens is 1. The molecule has 0 radical (unpaired) electrons. The molecule has 1 aromatic carbocycles. The summed E-state index contributed by atoms with van der Waals surface area (Å²) in [6.45, 7) is 2.99. The summed E-state index contributed by atoms with van der Waals surface area (Å²) in [5, 5.41) is 2.84. The van der Waals surface area contributed by atoms with Crippen LogP contribution in [-0.2, 0) is 16.0 Å². The van der Waals surface area contributed by atoms with Crippen LogP contribution >= 0.6 is 15.9 Å². The van der Waals surface area contributed by atoms with Crippen LogP contribution in [0.15, 0.2) is 47.1 Å². The lowest BCUT2D eigenvalue weighted by molar-refractivity contribution is -0.128. The zero-order valence-corrected chi connectivity index (χ0v) is 15.6. The highest BCUT2D eigenvalue weighted by Crippen LogP contribution is 2.22. The molecule has 25 heavy (non-hydrogen) atoms. The molecule has 1 aliphatic rings. The summed E-state index contributed by atoms with van der Waals surface area (Å²) in [6.07, 6.45) is 2.71. The summed E-state index contributed by atoms with van der Waals surface area (Å²) in [5.41, 5.74) is 2.07. The Morgan fingerprint density at radius 2 is 2.12 bits per heavy atom. The van der Waals surface area contributed by atoms with Crippen molar-refractivity contribution in [1.82, 2.24) is 9.88 Å². The van der Waals surface area contributed by atoms with Gasteiger partial charge in [0.1, 0.15) is 5.82 Å². The van der Waals surface area contributed by atoms with E-state index in [9.17, 15) is 9.59 Å². The Kier molecular flexibility index (Phi) is 5.48. The highest BCUT2D eigenvalue weighted by atomic mass is 79.9. The fraction of sp³-hybridized carbons (Fsp3) is 0.316. The van der Waals surface area contributed by atoms with Crippen molar-refractivity contribution >= 4 is 33.6 Å². The van der Waals surface area contributed by atoms with Gasteiger partial charge in [-0.25, -0.2) is 4.98 Å². The van der Waals surface area contributed by atoms with Gasteiger partial charge in [-0.05, 0) is 46.5 Å². The van der Waals surface area contributed by atoms with Gasteiger partial charge in [-0.3, -0.25) is 9.59 Å². The molecule has 0 saturated carbocycles. The number of carbonyl (C=O) groups excluding carboxylic acids is 2. The van der Waals surface area contributed by atoms with E-state index >= 15 is 0 Å². The van der Waals surface area contributed by atoms with Gasteiger partial charge in [0, 0.05) is 30.2 Å². The second kappa shape index (κ2) is 7.78. The third-order valence-corrected chi connectivity index (χ3v) is 4.82. The smallest absolute Gasteiger partial charge is 0.230 e. The standard InChI is InChI=1S/C19H20BrN3O2/c1-13-9-16(20)11-21-18(13)22-19(25)15-10-17(24)23(12-15)8-7-14-5-3-2-4-6-14/h2-6,9,11,15H,7-8,10,12H2,1H3,(H,21,22,25). The molecule has 1 N–H and O–H groups in total. The number of halogens is 1. The molecule has 1 saturated heterocycles. The second-order valence-corrected chi connectivity index (χ2v) is 7.20. The molecule has 2 amide bonds. The molecule has 1 fully saturated rings. The molecule has 1 aliphatic heterocycles. The number of carbonyl (C=O) groups is 2. The van der Waals surface area contributed by atoms with E-state index in [1.54, 1.807) is 11.1 Å². The zero-order valence-electron chi connectivity index (χ0n) is 14.0. The van der Waals surface area contributed by atoms with Crippen LogP contribution in [0.1, 0.15) is 17.5 Å². The summed E-state index contributed by atoms with van der Waals surface area (Å²) in [5.74, 6) is 0.113. The third kappa shape index (κ3) is 4.45. The Balaban J connectivity index is 1.57. The lowest BCUT2D eigenvalue weighted by Gasteiger charge is -2.16. The fourth-order valence-electron chi connectivity index (χ4n) is 2.96. The van der Waals surface area contributed by atoms with E-state index in [4.69, 9.17) is 0 Å². The summed E-state index contributed by atoms with van der Waals surface area (Å²) in [4.78, 5) is 30.7. The average molecular weight is 402 g/mol. The summed E-state index contributed by atoms with van der Waals surface area (Å²) in [7, 11) is 0. The number of amides is 2. The number of aryl methyl sites for hydroxylation is 1. The van der Waals surface area contributed by atoms with Crippen molar-refractivity contribution in [3.05, 3.63) is 58.2 Å². The van der Waals surface area contributed by atoms with Gasteiger partial charge in [0.2, 0.25) is 11.8 Å². The van der Waals surface area contributed by atoms with Gasteiger partial charge in [0.15, 0.2) is 0 Å². The van der Waals surface area contributed by atoms with Crippen LogP contribution < -0.4 is 5.32 Å². The third-order valence-electron chi connectivity index (χ3n) is 4.39.